The van der Waals surface area contributed by atoms with Crippen LogP contribution in [0.1, 0.15) is 12.8 Å². The molecular formula is C12H26N2O6Si4. The van der Waals surface area contributed by atoms with Gasteiger partial charge >= 0.3 is 35.7 Å². The third-order valence-corrected chi connectivity index (χ3v) is 19.4. The Hall–Kier alpha value is -0.532. The fourth-order valence-electron chi connectivity index (χ4n) is 2.79. The topological polar surface area (TPSA) is 95.8 Å². The molecule has 24 heavy (non-hydrogen) atoms. The largest absolute Gasteiger partial charge is 0.418 e. The zero-order valence-electron chi connectivity index (χ0n) is 14.7. The minimum Gasteiger partial charge on any atom is -0.418 e. The van der Waals surface area contributed by atoms with Crippen LogP contribution in [-0.4, -0.2) is 60.9 Å². The van der Waals surface area contributed by atoms with Gasteiger partial charge in [0.15, 0.2) is 0 Å². The molecule has 1 heterocycles. The zero-order valence-corrected chi connectivity index (χ0v) is 19.1. The summed E-state index contributed by atoms with van der Waals surface area (Å²) in [5.41, 5.74) is 0. The lowest BCUT2D eigenvalue weighted by molar-refractivity contribution is 0.256. The van der Waals surface area contributed by atoms with Crippen LogP contribution >= 0.6 is 0 Å². The van der Waals surface area contributed by atoms with Gasteiger partial charge in [0, 0.05) is 0 Å². The van der Waals surface area contributed by atoms with Gasteiger partial charge in [-0.25, -0.2) is 19.6 Å². The third-order valence-electron chi connectivity index (χ3n) is 3.59. The van der Waals surface area contributed by atoms with Crippen LogP contribution in [0.4, 0.5) is 0 Å². The molecule has 0 bridgehead atoms. The number of aliphatic imine (C=N–C) groups is 2. The van der Waals surface area contributed by atoms with Crippen LogP contribution < -0.4 is 0 Å². The van der Waals surface area contributed by atoms with E-state index in [1.807, 2.05) is 26.2 Å². The molecule has 0 aromatic carbocycles. The number of hydrogen-bond acceptors (Lipinski definition) is 8. The first kappa shape index (κ1) is 21.5. The first-order valence-electron chi connectivity index (χ1n) is 8.11. The van der Waals surface area contributed by atoms with Crippen molar-refractivity contribution in [1.82, 2.24) is 0 Å². The van der Waals surface area contributed by atoms with Gasteiger partial charge in [0.25, 0.3) is 0 Å². The quantitative estimate of drug-likeness (QED) is 0.261. The summed E-state index contributed by atoms with van der Waals surface area (Å²) in [6.07, 6.45) is 4.57. The molecule has 12 heteroatoms. The molecule has 0 aromatic rings. The summed E-state index contributed by atoms with van der Waals surface area (Å²) in [5, 5.41) is 0. The van der Waals surface area contributed by atoms with Gasteiger partial charge in [-0.3, -0.25) is 0 Å². The number of rotatable bonds is 8. The molecule has 0 saturated carbocycles. The van der Waals surface area contributed by atoms with Crippen molar-refractivity contribution >= 4 is 47.8 Å². The lowest BCUT2D eigenvalue weighted by Gasteiger charge is -2.41. The Bertz CT molecular complexity index is 442. The Morgan fingerprint density at radius 2 is 1.12 bits per heavy atom. The molecule has 0 amide bonds. The van der Waals surface area contributed by atoms with Crippen LogP contribution in [0, 0.1) is 0 Å². The normalized spacial score (nSPS) is 33.7. The Balaban J connectivity index is 2.65. The molecule has 0 aliphatic carbocycles. The van der Waals surface area contributed by atoms with Gasteiger partial charge in [-0.05, 0) is 51.1 Å². The molecular weight excluding hydrogens is 380 g/mol. The van der Waals surface area contributed by atoms with E-state index in [1.165, 1.54) is 0 Å². The highest BCUT2D eigenvalue weighted by Gasteiger charge is 2.44. The van der Waals surface area contributed by atoms with E-state index >= 15 is 0 Å². The monoisotopic (exact) mass is 406 g/mol. The molecule has 0 aromatic heterocycles. The van der Waals surface area contributed by atoms with Crippen molar-refractivity contribution in [2.45, 2.75) is 51.1 Å². The maximum absolute atomic E-state index is 10.1. The van der Waals surface area contributed by atoms with Gasteiger partial charge in [0.1, 0.15) is 0 Å². The van der Waals surface area contributed by atoms with Gasteiger partial charge in [-0.15, -0.1) is 0 Å². The van der Waals surface area contributed by atoms with Crippen LogP contribution in [0.3, 0.4) is 0 Å². The SMILES string of the molecule is C[SiH]1O[Si](C)(CCCN=C=O)O[SiH](C)O[Si](C)(CCCN=C=O)O1. The van der Waals surface area contributed by atoms with Crippen LogP contribution in [0.2, 0.25) is 38.3 Å². The lowest BCUT2D eigenvalue weighted by atomic mass is 10.5. The predicted molar refractivity (Wildman–Crippen MR) is 98.4 cm³/mol. The molecule has 1 saturated heterocycles. The van der Waals surface area contributed by atoms with Crippen molar-refractivity contribution in [3.8, 4) is 0 Å². The van der Waals surface area contributed by atoms with Gasteiger partial charge in [-0.2, -0.15) is 0 Å². The van der Waals surface area contributed by atoms with Gasteiger partial charge in [-0.1, -0.05) is 0 Å². The minimum absolute atomic E-state index is 0.441. The molecule has 136 valence electrons. The molecule has 8 nitrogen and oxygen atoms in total. The highest BCUT2D eigenvalue weighted by Crippen LogP contribution is 2.27. The van der Waals surface area contributed by atoms with Crippen molar-refractivity contribution in [2.24, 2.45) is 9.98 Å². The van der Waals surface area contributed by atoms with Crippen molar-refractivity contribution in [2.75, 3.05) is 13.1 Å². The van der Waals surface area contributed by atoms with Crippen molar-refractivity contribution in [3.05, 3.63) is 0 Å². The average Bonchev–Trinajstić information content (AvgIpc) is 2.46. The third kappa shape index (κ3) is 8.03. The van der Waals surface area contributed by atoms with E-state index in [-0.39, 0.29) is 0 Å². The van der Waals surface area contributed by atoms with Gasteiger partial charge in [0.2, 0.25) is 12.2 Å². The molecule has 1 fully saturated rings. The number of nitrogens with zero attached hydrogens (tertiary/aromatic N) is 2. The number of isocyanates is 2. The van der Waals surface area contributed by atoms with Crippen LogP contribution in [0.15, 0.2) is 9.98 Å². The second-order valence-corrected chi connectivity index (χ2v) is 17.6. The van der Waals surface area contributed by atoms with E-state index in [1.54, 1.807) is 12.2 Å². The van der Waals surface area contributed by atoms with E-state index < -0.39 is 35.7 Å². The molecule has 0 spiro atoms. The van der Waals surface area contributed by atoms with E-state index in [0.717, 1.165) is 24.9 Å². The Kier molecular flexibility index (Phi) is 9.37. The molecule has 0 unspecified atom stereocenters. The Labute approximate surface area is 148 Å². The van der Waals surface area contributed by atoms with Gasteiger partial charge in [0.05, 0.1) is 13.1 Å². The fourth-order valence-corrected chi connectivity index (χ4v) is 20.2. The zero-order chi connectivity index (χ0) is 18.1. The highest BCUT2D eigenvalue weighted by atomic mass is 28.5. The summed E-state index contributed by atoms with van der Waals surface area (Å²) in [5.74, 6) is 0. The summed E-state index contributed by atoms with van der Waals surface area (Å²) in [6, 6.07) is 1.51. The fraction of sp³-hybridized carbons (Fsp3) is 0.833. The van der Waals surface area contributed by atoms with Crippen molar-refractivity contribution < 1.29 is 26.0 Å². The molecule has 0 radical (unpaired) electrons. The summed E-state index contributed by atoms with van der Waals surface area (Å²) in [7, 11) is -8.50. The minimum atomic E-state index is -2.37. The maximum Gasteiger partial charge on any atom is 0.317 e. The van der Waals surface area contributed by atoms with E-state index in [2.05, 4.69) is 9.98 Å². The molecule has 1 aliphatic rings. The second kappa shape index (κ2) is 10.5. The summed E-state index contributed by atoms with van der Waals surface area (Å²) < 4.78 is 25.0. The standard InChI is InChI=1S/C12H26N2O6Si4/c1-21-17-23(3,9-5-7-13-11-15)19-22(2)20-24(4,18-21)10-6-8-14-12-16/h21-22H,5-10H2,1-4H3. The number of carbonyl (C=O) groups excluding carboxylic acids is 2. The molecule has 1 rings (SSSR count). The smallest absolute Gasteiger partial charge is 0.317 e. The van der Waals surface area contributed by atoms with Crippen molar-refractivity contribution in [3.63, 3.8) is 0 Å². The number of hydrogen-bond donors (Lipinski definition) is 0. The summed E-state index contributed by atoms with van der Waals surface area (Å²) in [4.78, 5) is 27.4. The van der Waals surface area contributed by atoms with Crippen LogP contribution in [0.5, 0.6) is 0 Å². The average molecular weight is 407 g/mol. The maximum atomic E-state index is 10.1. The molecule has 1 aliphatic heterocycles. The molecule has 0 atom stereocenters. The predicted octanol–water partition coefficient (Wildman–Crippen LogP) is 1.36. The Morgan fingerprint density at radius 3 is 1.42 bits per heavy atom. The highest BCUT2D eigenvalue weighted by molar-refractivity contribution is 6.85. The van der Waals surface area contributed by atoms with Crippen LogP contribution in [0.25, 0.3) is 0 Å². The summed E-state index contributed by atoms with van der Waals surface area (Å²) >= 11 is 0. The first-order chi connectivity index (χ1) is 11.3. The van der Waals surface area contributed by atoms with E-state index in [0.29, 0.717) is 13.1 Å². The van der Waals surface area contributed by atoms with Gasteiger partial charge < -0.3 is 16.5 Å². The van der Waals surface area contributed by atoms with Crippen LogP contribution in [-0.2, 0) is 26.0 Å². The molecule has 0 N–H and O–H groups in total. The van der Waals surface area contributed by atoms with E-state index in [4.69, 9.17) is 16.5 Å². The summed E-state index contributed by atoms with van der Waals surface area (Å²) in [6.45, 7) is 8.93. The Morgan fingerprint density at radius 1 is 0.792 bits per heavy atom. The second-order valence-electron chi connectivity index (χ2n) is 6.03. The lowest BCUT2D eigenvalue weighted by Crippen LogP contribution is -2.57. The van der Waals surface area contributed by atoms with Crippen molar-refractivity contribution in [1.29, 1.82) is 0 Å². The first-order valence-corrected chi connectivity index (χ1v) is 17.4. The van der Waals surface area contributed by atoms with E-state index in [9.17, 15) is 9.59 Å².